The van der Waals surface area contributed by atoms with Crippen molar-refractivity contribution in [3.63, 3.8) is 0 Å². The number of sulfonamides is 1. The molecule has 1 N–H and O–H groups in total. The number of halogens is 1. The largest absolute Gasteiger partial charge is 0.358 e. The maximum absolute atomic E-state index is 13.2. The number of carbonyl (C=O) groups is 1. The van der Waals surface area contributed by atoms with Gasteiger partial charge >= 0.3 is 6.03 Å². The van der Waals surface area contributed by atoms with E-state index in [2.05, 4.69) is 5.32 Å². The lowest BCUT2D eigenvalue weighted by Crippen LogP contribution is -2.56. The molecule has 2 aromatic carbocycles. The van der Waals surface area contributed by atoms with Crippen LogP contribution in [-0.4, -0.2) is 55.6 Å². The Morgan fingerprint density at radius 1 is 1.00 bits per heavy atom. The predicted molar refractivity (Wildman–Crippen MR) is 110 cm³/mol. The number of benzene rings is 2. The zero-order valence-corrected chi connectivity index (χ0v) is 17.3. The minimum absolute atomic E-state index is 0.191. The summed E-state index contributed by atoms with van der Waals surface area (Å²) in [5.41, 5.74) is -0.191. The fourth-order valence-electron chi connectivity index (χ4n) is 3.84. The molecule has 0 saturated carbocycles. The van der Waals surface area contributed by atoms with Crippen LogP contribution >= 0.6 is 11.6 Å². The van der Waals surface area contributed by atoms with E-state index in [1.165, 1.54) is 16.4 Å². The minimum Gasteiger partial charge on any atom is -0.358 e. The van der Waals surface area contributed by atoms with Gasteiger partial charge in [0.1, 0.15) is 5.72 Å². The van der Waals surface area contributed by atoms with E-state index in [-0.39, 0.29) is 10.9 Å². The predicted octanol–water partition coefficient (Wildman–Crippen LogP) is 3.39. The van der Waals surface area contributed by atoms with Gasteiger partial charge in [-0.1, -0.05) is 29.8 Å². The van der Waals surface area contributed by atoms with E-state index in [9.17, 15) is 13.2 Å². The van der Waals surface area contributed by atoms with Crippen LogP contribution in [0.15, 0.2) is 59.5 Å². The Bertz CT molecular complexity index is 975. The highest BCUT2D eigenvalue weighted by Gasteiger charge is 2.50. The van der Waals surface area contributed by atoms with Crippen LogP contribution in [0.1, 0.15) is 12.8 Å². The molecule has 29 heavy (non-hydrogen) atoms. The number of amides is 2. The molecule has 2 fully saturated rings. The monoisotopic (exact) mass is 435 g/mol. The molecule has 1 spiro atoms. The van der Waals surface area contributed by atoms with E-state index >= 15 is 0 Å². The van der Waals surface area contributed by atoms with Gasteiger partial charge in [0, 0.05) is 43.2 Å². The van der Waals surface area contributed by atoms with E-state index in [0.29, 0.717) is 44.1 Å². The Morgan fingerprint density at radius 3 is 2.31 bits per heavy atom. The first kappa shape index (κ1) is 20.2. The van der Waals surface area contributed by atoms with Crippen LogP contribution in [0.5, 0.6) is 0 Å². The number of likely N-dealkylation sites (tertiary alicyclic amines) is 1. The van der Waals surface area contributed by atoms with E-state index in [1.807, 2.05) is 30.3 Å². The lowest BCUT2D eigenvalue weighted by Gasteiger charge is -2.42. The van der Waals surface area contributed by atoms with Crippen LogP contribution in [0.2, 0.25) is 5.02 Å². The molecule has 0 aromatic heterocycles. The highest BCUT2D eigenvalue weighted by atomic mass is 35.5. The summed E-state index contributed by atoms with van der Waals surface area (Å²) in [4.78, 5) is 14.4. The number of nitrogens with zero attached hydrogens (tertiary/aromatic N) is 2. The van der Waals surface area contributed by atoms with Crippen molar-refractivity contribution in [3.8, 4) is 0 Å². The summed E-state index contributed by atoms with van der Waals surface area (Å²) >= 11 is 5.89. The summed E-state index contributed by atoms with van der Waals surface area (Å²) < 4.78 is 33.7. The van der Waals surface area contributed by atoms with E-state index in [1.54, 1.807) is 17.0 Å². The highest BCUT2D eigenvalue weighted by Crippen LogP contribution is 2.38. The molecule has 7 nitrogen and oxygen atoms in total. The number of rotatable bonds is 3. The summed E-state index contributed by atoms with van der Waals surface area (Å²) in [5.74, 6) is 0. The molecule has 2 aromatic rings. The molecular weight excluding hydrogens is 414 g/mol. The van der Waals surface area contributed by atoms with Crippen molar-refractivity contribution >= 4 is 33.3 Å². The lowest BCUT2D eigenvalue weighted by molar-refractivity contribution is -0.0840. The molecule has 9 heteroatoms. The van der Waals surface area contributed by atoms with E-state index in [0.717, 1.165) is 5.69 Å². The van der Waals surface area contributed by atoms with Crippen LogP contribution < -0.4 is 5.32 Å². The number of piperidine rings is 1. The number of anilines is 1. The Labute approximate surface area is 175 Å². The second-order valence-electron chi connectivity index (χ2n) is 7.11. The normalized spacial score (nSPS) is 19.4. The zero-order valence-electron chi connectivity index (χ0n) is 15.8. The van der Waals surface area contributed by atoms with Crippen LogP contribution in [0, 0.1) is 0 Å². The van der Waals surface area contributed by atoms with Gasteiger partial charge in [-0.2, -0.15) is 4.31 Å². The van der Waals surface area contributed by atoms with Gasteiger partial charge in [-0.25, -0.2) is 13.2 Å². The van der Waals surface area contributed by atoms with E-state index < -0.39 is 15.7 Å². The second kappa shape index (κ2) is 7.95. The number of nitrogens with one attached hydrogen (secondary N) is 1. The zero-order chi connectivity index (χ0) is 20.5. The van der Waals surface area contributed by atoms with Crippen molar-refractivity contribution in [3.05, 3.63) is 59.6 Å². The summed E-state index contributed by atoms with van der Waals surface area (Å²) in [6.45, 7) is 1.45. The molecule has 0 radical (unpaired) electrons. The van der Waals surface area contributed by atoms with Crippen molar-refractivity contribution < 1.29 is 17.9 Å². The Kier molecular flexibility index (Phi) is 5.52. The van der Waals surface area contributed by atoms with Crippen LogP contribution in [0.4, 0.5) is 10.5 Å². The second-order valence-corrected chi connectivity index (χ2v) is 9.41. The van der Waals surface area contributed by atoms with E-state index in [4.69, 9.17) is 16.3 Å². The molecule has 2 heterocycles. The number of hydrogen-bond donors (Lipinski definition) is 1. The van der Waals surface area contributed by atoms with Gasteiger partial charge in [0.2, 0.25) is 10.0 Å². The molecule has 4 rings (SSSR count). The first-order valence-electron chi connectivity index (χ1n) is 9.44. The van der Waals surface area contributed by atoms with Gasteiger partial charge in [-0.05, 0) is 36.4 Å². The summed E-state index contributed by atoms with van der Waals surface area (Å²) in [7, 11) is -3.72. The fraction of sp³-hybridized carbons (Fsp3) is 0.350. The fourth-order valence-corrected chi connectivity index (χ4v) is 5.69. The maximum Gasteiger partial charge on any atom is 0.321 e. The summed E-state index contributed by atoms with van der Waals surface area (Å²) in [5, 5.41) is 3.35. The third kappa shape index (κ3) is 3.98. The first-order valence-corrected chi connectivity index (χ1v) is 11.3. The van der Waals surface area contributed by atoms with Crippen molar-refractivity contribution in [1.82, 2.24) is 9.21 Å². The molecule has 2 aliphatic heterocycles. The molecule has 2 saturated heterocycles. The molecule has 0 unspecified atom stereocenters. The highest BCUT2D eigenvalue weighted by molar-refractivity contribution is 7.89. The van der Waals surface area contributed by atoms with Gasteiger partial charge < -0.3 is 15.0 Å². The Balaban J connectivity index is 1.46. The van der Waals surface area contributed by atoms with Gasteiger partial charge in [0.15, 0.2) is 0 Å². The van der Waals surface area contributed by atoms with Crippen LogP contribution in [0.25, 0.3) is 0 Å². The van der Waals surface area contributed by atoms with Crippen molar-refractivity contribution in [2.45, 2.75) is 23.5 Å². The molecular formula is C20H22ClN3O4S. The average Bonchev–Trinajstić information content (AvgIpc) is 3.13. The Hall–Kier alpha value is -2.13. The summed E-state index contributed by atoms with van der Waals surface area (Å²) in [6, 6.07) is 15.2. The third-order valence-corrected chi connectivity index (χ3v) is 7.59. The molecule has 0 aliphatic carbocycles. The van der Waals surface area contributed by atoms with Crippen molar-refractivity contribution in [2.75, 3.05) is 31.6 Å². The maximum atomic E-state index is 13.2. The minimum atomic E-state index is -3.72. The van der Waals surface area contributed by atoms with Crippen LogP contribution in [-0.2, 0) is 14.8 Å². The number of carbonyl (C=O) groups excluding carboxylic acids is 1. The number of para-hydroxylation sites is 1. The number of ether oxygens (including phenoxy) is 1. The SMILES string of the molecule is O=C(Nc1ccccc1)N1CCC2(CC1)OCCN2S(=O)(=O)c1ccc(Cl)cc1. The van der Waals surface area contributed by atoms with Crippen molar-refractivity contribution in [1.29, 1.82) is 0 Å². The number of urea groups is 1. The van der Waals surface area contributed by atoms with Gasteiger partial charge in [-0.3, -0.25) is 0 Å². The molecule has 154 valence electrons. The average molecular weight is 436 g/mol. The lowest BCUT2D eigenvalue weighted by atomic mass is 10.0. The third-order valence-electron chi connectivity index (χ3n) is 5.38. The van der Waals surface area contributed by atoms with Gasteiger partial charge in [0.05, 0.1) is 11.5 Å². The van der Waals surface area contributed by atoms with Crippen LogP contribution in [0.3, 0.4) is 0 Å². The molecule has 2 amide bonds. The molecule has 0 bridgehead atoms. The van der Waals surface area contributed by atoms with Crippen molar-refractivity contribution in [2.24, 2.45) is 0 Å². The molecule has 0 atom stereocenters. The first-order chi connectivity index (χ1) is 13.9. The number of hydrogen-bond acceptors (Lipinski definition) is 4. The summed E-state index contributed by atoms with van der Waals surface area (Å²) in [6.07, 6.45) is 0.837. The standard InChI is InChI=1S/C20H22ClN3O4S/c21-16-6-8-18(9-7-16)29(26,27)24-14-15-28-20(24)10-12-23(13-11-20)19(25)22-17-4-2-1-3-5-17/h1-9H,10-15H2,(H,22,25). The molecule has 2 aliphatic rings. The van der Waals surface area contributed by atoms with Gasteiger partial charge in [0.25, 0.3) is 0 Å². The topological polar surface area (TPSA) is 79.0 Å². The smallest absolute Gasteiger partial charge is 0.321 e. The Morgan fingerprint density at radius 2 is 1.66 bits per heavy atom. The quantitative estimate of drug-likeness (QED) is 0.801. The van der Waals surface area contributed by atoms with Gasteiger partial charge in [-0.15, -0.1) is 0 Å².